The first-order valence-corrected chi connectivity index (χ1v) is 6.35. The zero-order valence-corrected chi connectivity index (χ0v) is 11.0. The Kier molecular flexibility index (Phi) is 3.31. The Labute approximate surface area is 119 Å². The Balaban J connectivity index is 1.84. The van der Waals surface area contributed by atoms with Crippen molar-refractivity contribution in [1.29, 1.82) is 0 Å². The van der Waals surface area contributed by atoms with Gasteiger partial charge >= 0.3 is 5.97 Å². The molecule has 0 bridgehead atoms. The molecule has 1 aromatic heterocycles. The first kappa shape index (κ1) is 13.2. The molecule has 0 amide bonds. The molecular formula is C16H12FNO3. The Bertz CT molecular complexity index is 793. The van der Waals surface area contributed by atoms with Gasteiger partial charge in [0.15, 0.2) is 0 Å². The second-order valence-corrected chi connectivity index (χ2v) is 4.62. The lowest BCUT2D eigenvalue weighted by Crippen LogP contribution is -1.97. The molecule has 0 saturated heterocycles. The molecule has 2 N–H and O–H groups in total. The fraction of sp³-hybridized carbons (Fsp3) is 0.0625. The molecule has 5 heteroatoms. The minimum absolute atomic E-state index is 0.227. The van der Waals surface area contributed by atoms with Gasteiger partial charge < -0.3 is 14.8 Å². The molecule has 3 rings (SSSR count). The number of halogens is 1. The highest BCUT2D eigenvalue weighted by atomic mass is 19.1. The number of ether oxygens (including phenoxy) is 1. The summed E-state index contributed by atoms with van der Waals surface area (Å²) in [5.41, 5.74) is 1.92. The van der Waals surface area contributed by atoms with E-state index in [1.165, 1.54) is 12.1 Å². The van der Waals surface area contributed by atoms with Crippen molar-refractivity contribution in [3.05, 3.63) is 65.6 Å². The molecule has 4 nitrogen and oxygen atoms in total. The zero-order chi connectivity index (χ0) is 14.8. The fourth-order valence-electron chi connectivity index (χ4n) is 2.12. The molecule has 106 valence electrons. The van der Waals surface area contributed by atoms with Gasteiger partial charge in [-0.2, -0.15) is 0 Å². The largest absolute Gasteiger partial charge is 0.489 e. The maximum atomic E-state index is 12.8. The highest BCUT2D eigenvalue weighted by Gasteiger charge is 2.09. The van der Waals surface area contributed by atoms with Gasteiger partial charge in [0.05, 0.1) is 5.56 Å². The third-order valence-corrected chi connectivity index (χ3v) is 3.22. The Hall–Kier alpha value is -2.82. The smallest absolute Gasteiger partial charge is 0.335 e. The van der Waals surface area contributed by atoms with E-state index in [2.05, 4.69) is 4.98 Å². The molecule has 0 aliphatic carbocycles. The van der Waals surface area contributed by atoms with Crippen LogP contribution in [-0.2, 0) is 6.61 Å². The quantitative estimate of drug-likeness (QED) is 0.770. The van der Waals surface area contributed by atoms with Crippen LogP contribution in [0.1, 0.15) is 15.9 Å². The second-order valence-electron chi connectivity index (χ2n) is 4.62. The van der Waals surface area contributed by atoms with Crippen molar-refractivity contribution in [3.8, 4) is 5.75 Å². The number of carboxylic acid groups (broad SMARTS) is 1. The van der Waals surface area contributed by atoms with Crippen LogP contribution in [0, 0.1) is 5.82 Å². The van der Waals surface area contributed by atoms with E-state index < -0.39 is 5.97 Å². The summed E-state index contributed by atoms with van der Waals surface area (Å²) in [5.74, 6) is -0.732. The van der Waals surface area contributed by atoms with Gasteiger partial charge in [-0.15, -0.1) is 0 Å². The third-order valence-electron chi connectivity index (χ3n) is 3.22. The monoisotopic (exact) mass is 285 g/mol. The molecule has 1 heterocycles. The summed E-state index contributed by atoms with van der Waals surface area (Å²) < 4.78 is 18.4. The van der Waals surface area contributed by atoms with E-state index in [4.69, 9.17) is 9.84 Å². The van der Waals surface area contributed by atoms with Crippen molar-refractivity contribution < 1.29 is 19.0 Å². The van der Waals surface area contributed by atoms with Crippen LogP contribution in [0.3, 0.4) is 0 Å². The molecule has 0 saturated carbocycles. The Morgan fingerprint density at radius 3 is 2.67 bits per heavy atom. The molecule has 0 fully saturated rings. The number of hydrogen-bond donors (Lipinski definition) is 2. The van der Waals surface area contributed by atoms with Crippen LogP contribution in [0.5, 0.6) is 5.75 Å². The van der Waals surface area contributed by atoms with E-state index in [-0.39, 0.29) is 18.0 Å². The number of aromatic amines is 1. The van der Waals surface area contributed by atoms with Crippen LogP contribution in [-0.4, -0.2) is 16.1 Å². The van der Waals surface area contributed by atoms with Gasteiger partial charge in [0, 0.05) is 22.7 Å². The first-order chi connectivity index (χ1) is 10.1. The van der Waals surface area contributed by atoms with Crippen LogP contribution in [0.25, 0.3) is 10.9 Å². The number of carboxylic acids is 1. The molecule has 0 atom stereocenters. The van der Waals surface area contributed by atoms with Gasteiger partial charge in [-0.05, 0) is 42.5 Å². The van der Waals surface area contributed by atoms with Crippen molar-refractivity contribution >= 4 is 16.9 Å². The van der Waals surface area contributed by atoms with Gasteiger partial charge in [0.25, 0.3) is 0 Å². The lowest BCUT2D eigenvalue weighted by atomic mass is 10.1. The van der Waals surface area contributed by atoms with Crippen LogP contribution in [0.4, 0.5) is 4.39 Å². The van der Waals surface area contributed by atoms with E-state index in [1.54, 1.807) is 36.5 Å². The number of fused-ring (bicyclic) bond motifs is 1. The molecule has 21 heavy (non-hydrogen) atoms. The van der Waals surface area contributed by atoms with Crippen LogP contribution in [0.15, 0.2) is 48.7 Å². The van der Waals surface area contributed by atoms with Crippen LogP contribution < -0.4 is 4.74 Å². The molecule has 3 aromatic rings. The Morgan fingerprint density at radius 2 is 1.95 bits per heavy atom. The Morgan fingerprint density at radius 1 is 1.19 bits per heavy atom. The lowest BCUT2D eigenvalue weighted by molar-refractivity contribution is 0.0697. The summed E-state index contributed by atoms with van der Waals surface area (Å²) in [4.78, 5) is 14.1. The summed E-state index contributed by atoms with van der Waals surface area (Å²) >= 11 is 0. The number of H-pyrrole nitrogens is 1. The summed E-state index contributed by atoms with van der Waals surface area (Å²) in [6.45, 7) is 0.273. The highest BCUT2D eigenvalue weighted by molar-refractivity contribution is 5.94. The topological polar surface area (TPSA) is 62.3 Å². The normalized spacial score (nSPS) is 10.7. The van der Waals surface area contributed by atoms with Gasteiger partial charge in [-0.1, -0.05) is 0 Å². The summed E-state index contributed by atoms with van der Waals surface area (Å²) in [6.07, 6.45) is 1.78. The number of aromatic nitrogens is 1. The average molecular weight is 285 g/mol. The summed E-state index contributed by atoms with van der Waals surface area (Å²) in [5, 5.41) is 9.83. The van der Waals surface area contributed by atoms with Gasteiger partial charge in [0.2, 0.25) is 0 Å². The zero-order valence-electron chi connectivity index (χ0n) is 11.0. The van der Waals surface area contributed by atoms with Crippen molar-refractivity contribution in [2.45, 2.75) is 6.61 Å². The predicted octanol–water partition coefficient (Wildman–Crippen LogP) is 3.58. The summed E-state index contributed by atoms with van der Waals surface area (Å²) in [6, 6.07) is 10.6. The van der Waals surface area contributed by atoms with Gasteiger partial charge in [0.1, 0.15) is 18.2 Å². The standard InChI is InChI=1S/C16H12FNO3/c17-12-2-4-13(5-3-12)21-9-11-8-18-15-6-1-10(16(19)20)7-14(11)15/h1-8,18H,9H2,(H,19,20). The molecule has 2 aromatic carbocycles. The molecule has 0 aliphatic rings. The van der Waals surface area contributed by atoms with E-state index in [1.807, 2.05) is 0 Å². The SMILES string of the molecule is O=C(O)c1ccc2[nH]cc(COc3ccc(F)cc3)c2c1. The summed E-state index contributed by atoms with van der Waals surface area (Å²) in [7, 11) is 0. The molecule has 0 spiro atoms. The van der Waals surface area contributed by atoms with Crippen molar-refractivity contribution in [2.24, 2.45) is 0 Å². The fourth-order valence-corrected chi connectivity index (χ4v) is 2.12. The van der Waals surface area contributed by atoms with Gasteiger partial charge in [-0.3, -0.25) is 0 Å². The maximum Gasteiger partial charge on any atom is 0.335 e. The van der Waals surface area contributed by atoms with Crippen molar-refractivity contribution in [3.63, 3.8) is 0 Å². The second kappa shape index (κ2) is 5.28. The highest BCUT2D eigenvalue weighted by Crippen LogP contribution is 2.22. The third kappa shape index (κ3) is 2.72. The van der Waals surface area contributed by atoms with E-state index in [0.29, 0.717) is 5.75 Å². The van der Waals surface area contributed by atoms with E-state index >= 15 is 0 Å². The van der Waals surface area contributed by atoms with Crippen LogP contribution in [0.2, 0.25) is 0 Å². The molecule has 0 radical (unpaired) electrons. The van der Waals surface area contributed by atoms with E-state index in [9.17, 15) is 9.18 Å². The minimum Gasteiger partial charge on any atom is -0.489 e. The maximum absolute atomic E-state index is 12.8. The number of nitrogens with one attached hydrogen (secondary N) is 1. The molecule has 0 unspecified atom stereocenters. The number of aromatic carboxylic acids is 1. The van der Waals surface area contributed by atoms with Crippen molar-refractivity contribution in [2.75, 3.05) is 0 Å². The number of carbonyl (C=O) groups is 1. The minimum atomic E-state index is -0.969. The van der Waals surface area contributed by atoms with Crippen LogP contribution >= 0.6 is 0 Å². The average Bonchev–Trinajstić information content (AvgIpc) is 2.89. The number of rotatable bonds is 4. The van der Waals surface area contributed by atoms with Crippen molar-refractivity contribution in [1.82, 2.24) is 4.98 Å². The number of hydrogen-bond acceptors (Lipinski definition) is 2. The first-order valence-electron chi connectivity index (χ1n) is 6.35. The lowest BCUT2D eigenvalue weighted by Gasteiger charge is -2.05. The number of benzene rings is 2. The predicted molar refractivity (Wildman–Crippen MR) is 76.0 cm³/mol. The van der Waals surface area contributed by atoms with Gasteiger partial charge in [-0.25, -0.2) is 9.18 Å². The van der Waals surface area contributed by atoms with E-state index in [0.717, 1.165) is 16.5 Å². The molecule has 0 aliphatic heterocycles. The molecular weight excluding hydrogens is 273 g/mol.